The molecule has 2 heterocycles. The molecule has 0 bridgehead atoms. The van der Waals surface area contributed by atoms with Crippen molar-refractivity contribution in [3.05, 3.63) is 118 Å². The van der Waals surface area contributed by atoms with E-state index in [1.807, 2.05) is 75.4 Å². The number of ether oxygens (including phenoxy) is 2. The van der Waals surface area contributed by atoms with E-state index < -0.39 is 0 Å². The first-order valence-electron chi connectivity index (χ1n) is 16.3. The number of rotatable bonds is 6. The van der Waals surface area contributed by atoms with E-state index in [9.17, 15) is 4.79 Å². The van der Waals surface area contributed by atoms with E-state index in [-0.39, 0.29) is 0 Å². The average Bonchev–Trinajstić information content (AvgIpc) is 3.04. The van der Waals surface area contributed by atoms with Gasteiger partial charge in [0.05, 0.1) is 0 Å². The minimum absolute atomic E-state index is 0.373. The normalized spacial score (nSPS) is 16.3. The zero-order chi connectivity index (χ0) is 32.5. The summed E-state index contributed by atoms with van der Waals surface area (Å²) in [5, 5.41) is 0. The Morgan fingerprint density at radius 2 is 1.09 bits per heavy atom. The molecule has 6 nitrogen and oxygen atoms in total. The van der Waals surface area contributed by atoms with Crippen LogP contribution >= 0.6 is 0 Å². The number of benzene rings is 2. The molecule has 2 aliphatic rings. The number of aryl methyl sites for hydroxylation is 4. The van der Waals surface area contributed by atoms with Crippen molar-refractivity contribution in [1.82, 2.24) is 9.97 Å². The van der Waals surface area contributed by atoms with Crippen molar-refractivity contribution >= 4 is 17.9 Å². The van der Waals surface area contributed by atoms with Gasteiger partial charge in [-0.15, -0.1) is 0 Å². The summed E-state index contributed by atoms with van der Waals surface area (Å²) in [6.07, 6.45) is 11.9. The first kappa shape index (κ1) is 32.8. The van der Waals surface area contributed by atoms with Crippen LogP contribution in [-0.4, -0.2) is 21.8 Å². The molecule has 2 saturated carbocycles. The molecule has 2 aromatic carbocycles. The van der Waals surface area contributed by atoms with Crippen molar-refractivity contribution in [2.24, 2.45) is 5.73 Å². The maximum absolute atomic E-state index is 11.3. The topological polar surface area (TPSA) is 87.3 Å². The highest BCUT2D eigenvalue weighted by atomic mass is 16.5. The number of hydrogen-bond acceptors (Lipinski definition) is 6. The highest BCUT2D eigenvalue weighted by molar-refractivity contribution is 5.80. The zero-order valence-corrected chi connectivity index (χ0v) is 27.5. The van der Waals surface area contributed by atoms with Gasteiger partial charge in [-0.25, -0.2) is 9.97 Å². The molecule has 6 rings (SSSR count). The first-order chi connectivity index (χ1) is 22.2. The number of pyridine rings is 2. The molecule has 46 heavy (non-hydrogen) atoms. The van der Waals surface area contributed by atoms with Crippen molar-refractivity contribution in [3.63, 3.8) is 0 Å². The van der Waals surface area contributed by atoms with Gasteiger partial charge in [-0.1, -0.05) is 59.7 Å². The van der Waals surface area contributed by atoms with Gasteiger partial charge in [-0.2, -0.15) is 0 Å². The molecule has 0 saturated heterocycles. The molecule has 4 aromatic rings. The fourth-order valence-corrected chi connectivity index (χ4v) is 5.53. The van der Waals surface area contributed by atoms with Crippen molar-refractivity contribution in [1.29, 1.82) is 0 Å². The van der Waals surface area contributed by atoms with Crippen molar-refractivity contribution in [2.75, 3.05) is 0 Å². The van der Waals surface area contributed by atoms with E-state index in [4.69, 9.17) is 15.2 Å². The molecule has 0 spiro atoms. The maximum Gasteiger partial charge on any atom is 0.219 e. The fraction of sp³-hybridized carbons (Fsp3) is 0.325. The molecule has 0 aliphatic heterocycles. The van der Waals surface area contributed by atoms with Crippen LogP contribution in [0.2, 0.25) is 0 Å². The summed E-state index contributed by atoms with van der Waals surface area (Å²) in [5.41, 5.74) is 15.4. The molecule has 2 aromatic heterocycles. The summed E-state index contributed by atoms with van der Waals surface area (Å²) in [4.78, 5) is 20.2. The molecule has 0 unspecified atom stereocenters. The van der Waals surface area contributed by atoms with Gasteiger partial charge < -0.3 is 15.2 Å². The van der Waals surface area contributed by atoms with Crippen LogP contribution in [0, 0.1) is 27.7 Å². The Morgan fingerprint density at radius 1 is 0.630 bits per heavy atom. The van der Waals surface area contributed by atoms with Crippen LogP contribution in [0.3, 0.4) is 0 Å². The zero-order valence-electron chi connectivity index (χ0n) is 27.5. The third-order valence-electron chi connectivity index (χ3n) is 8.67. The standard InChI is InChI=1S/C20H24N2O.C20H21NO2/c1-14-6-11-20(22-15(14)2)23-19-5-3-4-17(13-19)12-16-7-9-18(21)10-8-16;1-14-6-11-20(21-15(14)2)23-19-5-3-4-17(13-19)12-16-7-9-18(22)10-8-16/h3-6,11-13,18H,7-10,21H2,1-2H3;3-6,11-13H,7-10H2,1-2H3. The Labute approximate surface area is 273 Å². The molecular formula is C40H45N3O3. The van der Waals surface area contributed by atoms with Crippen molar-refractivity contribution in [2.45, 2.75) is 85.1 Å². The Hall–Kier alpha value is -4.55. The highest BCUT2D eigenvalue weighted by Crippen LogP contribution is 2.28. The fourth-order valence-electron chi connectivity index (χ4n) is 5.53. The quantitative estimate of drug-likeness (QED) is 0.232. The van der Waals surface area contributed by atoms with Gasteiger partial charge in [0, 0.05) is 42.4 Å². The molecule has 0 radical (unpaired) electrons. The van der Waals surface area contributed by atoms with E-state index in [2.05, 4.69) is 47.2 Å². The number of allylic oxidation sites excluding steroid dienone is 2. The van der Waals surface area contributed by atoms with Gasteiger partial charge in [0.1, 0.15) is 17.3 Å². The lowest BCUT2D eigenvalue weighted by Crippen LogP contribution is -2.23. The second-order valence-corrected chi connectivity index (χ2v) is 12.4. The van der Waals surface area contributed by atoms with E-state index in [0.29, 0.717) is 36.4 Å². The first-order valence-corrected chi connectivity index (χ1v) is 16.3. The predicted octanol–water partition coefficient (Wildman–Crippen LogP) is 9.79. The maximum atomic E-state index is 11.3. The van der Waals surface area contributed by atoms with E-state index in [0.717, 1.165) is 72.5 Å². The number of nitrogens with zero attached hydrogens (tertiary/aromatic N) is 2. The summed E-state index contributed by atoms with van der Waals surface area (Å²) < 4.78 is 11.8. The van der Waals surface area contributed by atoms with Crippen LogP contribution in [0.25, 0.3) is 12.2 Å². The minimum Gasteiger partial charge on any atom is -0.439 e. The number of carbonyl (C=O) groups excluding carboxylic acids is 1. The number of aromatic nitrogens is 2. The van der Waals surface area contributed by atoms with Crippen molar-refractivity contribution < 1.29 is 14.3 Å². The summed E-state index contributed by atoms with van der Waals surface area (Å²) in [6, 6.07) is 24.4. The Bertz CT molecular complexity index is 1720. The molecule has 0 amide bonds. The molecule has 6 heteroatoms. The third-order valence-corrected chi connectivity index (χ3v) is 8.67. The number of carbonyl (C=O) groups is 1. The van der Waals surface area contributed by atoms with Gasteiger partial charge in [-0.3, -0.25) is 4.79 Å². The van der Waals surface area contributed by atoms with Gasteiger partial charge in [-0.05, 0) is 113 Å². The molecule has 2 aliphatic carbocycles. The van der Waals surface area contributed by atoms with Gasteiger partial charge in [0.25, 0.3) is 0 Å². The van der Waals surface area contributed by atoms with E-state index >= 15 is 0 Å². The molecule has 2 N–H and O–H groups in total. The SMILES string of the molecule is Cc1ccc(Oc2cccc(C=C3CCC(=O)CC3)c2)nc1C.Cc1ccc(Oc2cccc(C=C3CCC(N)CC3)c2)nc1C. The van der Waals surface area contributed by atoms with Crippen LogP contribution in [-0.2, 0) is 4.79 Å². The van der Waals surface area contributed by atoms with Crippen LogP contribution in [0.1, 0.15) is 85.0 Å². The summed E-state index contributed by atoms with van der Waals surface area (Å²) >= 11 is 0. The summed E-state index contributed by atoms with van der Waals surface area (Å²) in [5.74, 6) is 3.23. The number of hydrogen-bond donors (Lipinski definition) is 1. The number of nitrogens with two attached hydrogens (primary N) is 1. The monoisotopic (exact) mass is 615 g/mol. The Balaban J connectivity index is 0.000000181. The van der Waals surface area contributed by atoms with E-state index in [1.54, 1.807) is 0 Å². The van der Waals surface area contributed by atoms with Crippen LogP contribution in [0.5, 0.6) is 23.3 Å². The number of ketones is 1. The van der Waals surface area contributed by atoms with Gasteiger partial charge in [0.15, 0.2) is 0 Å². The van der Waals surface area contributed by atoms with Crippen LogP contribution in [0.15, 0.2) is 83.9 Å². The Morgan fingerprint density at radius 3 is 1.54 bits per heavy atom. The average molecular weight is 616 g/mol. The molecular weight excluding hydrogens is 570 g/mol. The van der Waals surface area contributed by atoms with Gasteiger partial charge >= 0.3 is 0 Å². The van der Waals surface area contributed by atoms with E-state index in [1.165, 1.54) is 22.3 Å². The lowest BCUT2D eigenvalue weighted by molar-refractivity contribution is -0.119. The molecule has 0 atom stereocenters. The molecule has 238 valence electrons. The minimum atomic E-state index is 0.373. The largest absolute Gasteiger partial charge is 0.439 e. The number of Topliss-reactive ketones (excluding diaryl/α,β-unsaturated/α-hetero) is 1. The lowest BCUT2D eigenvalue weighted by Gasteiger charge is -2.20. The Kier molecular flexibility index (Phi) is 11.2. The second-order valence-electron chi connectivity index (χ2n) is 12.4. The second kappa shape index (κ2) is 15.6. The van der Waals surface area contributed by atoms with Crippen LogP contribution < -0.4 is 15.2 Å². The molecule has 2 fully saturated rings. The van der Waals surface area contributed by atoms with Crippen molar-refractivity contribution in [3.8, 4) is 23.3 Å². The summed E-state index contributed by atoms with van der Waals surface area (Å²) in [6.45, 7) is 8.06. The predicted molar refractivity (Wildman–Crippen MR) is 186 cm³/mol. The van der Waals surface area contributed by atoms with Crippen LogP contribution in [0.4, 0.5) is 0 Å². The lowest BCUT2D eigenvalue weighted by atomic mass is 9.90. The van der Waals surface area contributed by atoms with Gasteiger partial charge in [0.2, 0.25) is 11.8 Å². The summed E-state index contributed by atoms with van der Waals surface area (Å²) in [7, 11) is 0. The smallest absolute Gasteiger partial charge is 0.219 e. The third kappa shape index (κ3) is 9.72. The highest BCUT2D eigenvalue weighted by Gasteiger charge is 2.13.